The number of rotatable bonds is 15. The van der Waals surface area contributed by atoms with Crippen LogP contribution in [-0.2, 0) is 0 Å². The molecule has 2 radical (unpaired) electrons. The summed E-state index contributed by atoms with van der Waals surface area (Å²) in [4.78, 5) is 0. The van der Waals surface area contributed by atoms with Crippen molar-refractivity contribution in [2.24, 2.45) is 0 Å². The van der Waals surface area contributed by atoms with E-state index in [0.29, 0.717) is 59.4 Å². The van der Waals surface area contributed by atoms with Crippen LogP contribution in [0.2, 0.25) is 0 Å². The van der Waals surface area contributed by atoms with E-state index in [4.69, 9.17) is 28.0 Å². The molecule has 0 aromatic heterocycles. The number of hydrogen-bond acceptors (Lipinski definition) is 4. The van der Waals surface area contributed by atoms with Crippen LogP contribution in [0.1, 0.15) is 256 Å². The molecule has 4 aromatic rings. The molecule has 4 unspecified atom stereocenters. The van der Waals surface area contributed by atoms with E-state index in [-0.39, 0.29) is 11.1 Å². The Labute approximate surface area is 440 Å². The number of para-hydroxylation sites is 4. The Hall–Kier alpha value is -1.87. The fourth-order valence-electron chi connectivity index (χ4n) is 12.1. The molecule has 4 nitrogen and oxygen atoms in total. The Bertz CT molecular complexity index is 2090. The molecule has 68 heavy (non-hydrogen) atoms. The van der Waals surface area contributed by atoms with Crippen LogP contribution in [0.4, 0.5) is 22.7 Å². The summed E-state index contributed by atoms with van der Waals surface area (Å²) in [5.41, 5.74) is 17.7. The topological polar surface area (TPSA) is 13.0 Å². The molecule has 0 saturated carbocycles. The molecule has 0 bridgehead atoms. The van der Waals surface area contributed by atoms with Crippen LogP contribution >= 0.6 is 28.0 Å². The van der Waals surface area contributed by atoms with Gasteiger partial charge in [0.25, 0.3) is 0 Å². The molecule has 2 fully saturated rings. The van der Waals surface area contributed by atoms with E-state index >= 15 is 0 Å². The van der Waals surface area contributed by atoms with Gasteiger partial charge in [-0.3, -0.25) is 0 Å². The Morgan fingerprint density at radius 2 is 0.588 bits per heavy atom. The summed E-state index contributed by atoms with van der Waals surface area (Å²) in [5, 5.41) is 0. The molecular weight excluding hydrogens is 1080 g/mol. The van der Waals surface area contributed by atoms with Crippen LogP contribution in [-0.4, -0.2) is 49.1 Å². The van der Waals surface area contributed by atoms with Crippen molar-refractivity contribution >= 4 is 76.7 Å². The summed E-state index contributed by atoms with van der Waals surface area (Å²) in [6.45, 7) is 49.0. The zero-order valence-corrected chi connectivity index (χ0v) is 53.4. The van der Waals surface area contributed by atoms with Crippen molar-refractivity contribution < 1.29 is 0 Å². The Kier molecular flexibility index (Phi) is 18.0. The van der Waals surface area contributed by atoms with Crippen molar-refractivity contribution in [3.05, 3.63) is 117 Å². The van der Waals surface area contributed by atoms with Crippen LogP contribution in [0.5, 0.6) is 0 Å². The molecule has 4 aromatic carbocycles. The van der Waals surface area contributed by atoms with E-state index in [2.05, 4.69) is 227 Å². The molecule has 2 heterocycles. The zero-order chi connectivity index (χ0) is 50.5. The molecule has 4 atom stereocenters. The molecule has 0 spiro atoms. The van der Waals surface area contributed by atoms with Gasteiger partial charge >= 0.3 is 444 Å². The van der Waals surface area contributed by atoms with Gasteiger partial charge in [0.05, 0.1) is 0 Å². The normalized spacial score (nSPS) is 22.3. The second kappa shape index (κ2) is 22.1. The van der Waals surface area contributed by atoms with E-state index in [1.807, 2.05) is 0 Å². The number of anilines is 4. The number of nitrogens with zero attached hydrogens (tertiary/aromatic N) is 4. The summed E-state index contributed by atoms with van der Waals surface area (Å²) >= 11 is 4.60. The molecule has 2 saturated heterocycles. The van der Waals surface area contributed by atoms with Crippen molar-refractivity contribution in [2.75, 3.05) is 15.4 Å². The van der Waals surface area contributed by atoms with Crippen LogP contribution in [0.3, 0.4) is 0 Å². The molecule has 0 amide bonds. The number of hydrogen-bond donors (Lipinski definition) is 0. The quantitative estimate of drug-likeness (QED) is 0.110. The third-order valence-electron chi connectivity index (χ3n) is 15.7. The molecule has 0 N–H and O–H groups in total. The van der Waals surface area contributed by atoms with Gasteiger partial charge in [0, 0.05) is 0 Å². The van der Waals surface area contributed by atoms with Gasteiger partial charge in [-0.25, -0.2) is 0 Å². The van der Waals surface area contributed by atoms with Gasteiger partial charge < -0.3 is 0 Å². The fraction of sp³-hybridized carbons (Fsp3) is 0.600. The molecule has 8 heteroatoms. The third-order valence-corrected chi connectivity index (χ3v) is 32.6. The van der Waals surface area contributed by atoms with Crippen LogP contribution in [0.15, 0.2) is 72.8 Å². The number of benzene rings is 4. The average Bonchev–Trinajstić information content (AvgIpc) is 3.25. The molecule has 372 valence electrons. The summed E-state index contributed by atoms with van der Waals surface area (Å²) in [6, 6.07) is 29.6. The van der Waals surface area contributed by atoms with Crippen LogP contribution in [0.25, 0.3) is 0 Å². The summed E-state index contributed by atoms with van der Waals surface area (Å²) in [6.07, 6.45) is 4.41. The summed E-state index contributed by atoms with van der Waals surface area (Å²) in [7, 11) is 0. The molecule has 2 aliphatic rings. The Morgan fingerprint density at radius 3 is 0.779 bits per heavy atom. The maximum absolute atomic E-state index is 4.81. The SMILES string of the molecule is CC(C)c1cccc(C(C)C)c1[N]1C(C)CC(C)(CCC2(C)CC(C)[N](c3c(C(C)C)cccc3C(C)C)[Ge]([Br])[N]2c2c(C(C)C)cccc2C(C)C)[N](c2c(C(C)C)cccc2C(C)C)[Ge]1[Br]. The third kappa shape index (κ3) is 10.6. The standard InChI is InChI=1S/C60H90Br2Ge2N4/c1-37(2)47-25-21-26-48(38(3)4)55(47)65-45(17)35-59(19,67(63(65)61)57-51(41(9)10)29-23-30-52(57)42(11)12)33-34-60(20)36-46(18)66(56-49(39(5)6)27-22-28-50(56)40(7)8)64(62)68(60)58-53(43(13)14)31-24-32-54(58)44(15)16/h21-32,37-46H,33-36H2,1-20H3. The maximum atomic E-state index is 4.81. The van der Waals surface area contributed by atoms with E-state index in [1.54, 1.807) is 0 Å². The molecule has 0 aliphatic carbocycles. The van der Waals surface area contributed by atoms with Crippen molar-refractivity contribution in [3.63, 3.8) is 0 Å². The Morgan fingerprint density at radius 1 is 0.397 bits per heavy atom. The van der Waals surface area contributed by atoms with Gasteiger partial charge in [-0.2, -0.15) is 0 Å². The fourth-order valence-corrected chi connectivity index (χ4v) is 33.1. The van der Waals surface area contributed by atoms with Crippen molar-refractivity contribution in [1.82, 2.24) is 0 Å². The summed E-state index contributed by atoms with van der Waals surface area (Å²) in [5.74, 6) is 3.33. The summed E-state index contributed by atoms with van der Waals surface area (Å²) < 4.78 is 12.1. The molecule has 6 rings (SSSR count). The molecule has 2 aliphatic heterocycles. The zero-order valence-electron chi connectivity index (χ0n) is 46.1. The van der Waals surface area contributed by atoms with Gasteiger partial charge in [-0.05, 0) is 0 Å². The van der Waals surface area contributed by atoms with Gasteiger partial charge in [0.1, 0.15) is 0 Å². The van der Waals surface area contributed by atoms with Gasteiger partial charge in [-0.1, -0.05) is 0 Å². The Balaban J connectivity index is 1.60. The first kappa shape index (κ1) is 55.4. The van der Waals surface area contributed by atoms with E-state index < -0.39 is 25.9 Å². The van der Waals surface area contributed by atoms with Gasteiger partial charge in [-0.15, -0.1) is 0 Å². The minimum absolute atomic E-state index is 0.0941. The monoisotopic (exact) mass is 1170 g/mol. The number of halogens is 2. The predicted octanol–water partition coefficient (Wildman–Crippen LogP) is 18.6. The van der Waals surface area contributed by atoms with E-state index in [0.717, 1.165) is 25.7 Å². The minimum atomic E-state index is -2.51. The predicted molar refractivity (Wildman–Crippen MR) is 312 cm³/mol. The van der Waals surface area contributed by atoms with Crippen molar-refractivity contribution in [2.45, 2.75) is 235 Å². The van der Waals surface area contributed by atoms with Crippen LogP contribution < -0.4 is 15.4 Å². The van der Waals surface area contributed by atoms with Crippen molar-refractivity contribution in [3.8, 4) is 0 Å². The van der Waals surface area contributed by atoms with Gasteiger partial charge in [0.15, 0.2) is 0 Å². The average molecular weight is 1170 g/mol. The van der Waals surface area contributed by atoms with E-state index in [1.165, 1.54) is 67.3 Å². The van der Waals surface area contributed by atoms with E-state index in [9.17, 15) is 0 Å². The first-order valence-corrected chi connectivity index (χ1v) is 40.1. The first-order valence-electron chi connectivity index (χ1n) is 26.5. The first-order chi connectivity index (χ1) is 31.8. The second-order valence-electron chi connectivity index (χ2n) is 23.9. The van der Waals surface area contributed by atoms with Crippen molar-refractivity contribution in [1.29, 1.82) is 0 Å². The van der Waals surface area contributed by atoms with Gasteiger partial charge in [0.2, 0.25) is 0 Å². The van der Waals surface area contributed by atoms with Crippen LogP contribution in [0, 0.1) is 0 Å². The molecular formula is C60H90Br2Ge2N4. The second-order valence-corrected chi connectivity index (χ2v) is 37.5.